The Hall–Kier alpha value is -2.08. The molecule has 1 aromatic carbocycles. The van der Waals surface area contributed by atoms with Gasteiger partial charge in [0.2, 0.25) is 5.91 Å². The molecule has 114 valence electrons. The maximum atomic E-state index is 11.9. The zero-order chi connectivity index (χ0) is 15.2. The number of hydrogen-bond donors (Lipinski definition) is 2. The van der Waals surface area contributed by atoms with Gasteiger partial charge in [-0.1, -0.05) is 18.2 Å². The van der Waals surface area contributed by atoms with Crippen LogP contribution in [0.3, 0.4) is 0 Å². The van der Waals surface area contributed by atoms with Crippen molar-refractivity contribution in [2.45, 2.75) is 25.4 Å². The van der Waals surface area contributed by atoms with Crippen LogP contribution in [0.15, 0.2) is 24.3 Å². The first-order valence-corrected chi connectivity index (χ1v) is 7.04. The number of hydrogen-bond acceptors (Lipinski definition) is 4. The predicted octanol–water partition coefficient (Wildman–Crippen LogP) is 0.261. The van der Waals surface area contributed by atoms with Gasteiger partial charge in [-0.2, -0.15) is 0 Å². The summed E-state index contributed by atoms with van der Waals surface area (Å²) in [5.74, 6) is 0.229. The summed E-state index contributed by atoms with van der Waals surface area (Å²) in [5, 5.41) is 2.84. The van der Waals surface area contributed by atoms with Gasteiger partial charge in [0, 0.05) is 25.2 Å². The zero-order valence-electron chi connectivity index (χ0n) is 12.2. The molecule has 1 aliphatic rings. The number of para-hydroxylation sites is 1. The van der Waals surface area contributed by atoms with E-state index in [1.807, 2.05) is 18.2 Å². The Morgan fingerprint density at radius 3 is 2.76 bits per heavy atom. The molecule has 3 N–H and O–H groups in total. The Kier molecular flexibility index (Phi) is 5.16. The van der Waals surface area contributed by atoms with Crippen molar-refractivity contribution in [3.05, 3.63) is 29.8 Å². The van der Waals surface area contributed by atoms with Crippen molar-refractivity contribution in [1.29, 1.82) is 0 Å². The lowest BCUT2D eigenvalue weighted by molar-refractivity contribution is -0.136. The quantitative estimate of drug-likeness (QED) is 0.755. The van der Waals surface area contributed by atoms with E-state index < -0.39 is 0 Å². The van der Waals surface area contributed by atoms with Crippen molar-refractivity contribution in [3.63, 3.8) is 0 Å². The van der Waals surface area contributed by atoms with Crippen LogP contribution in [0, 0.1) is 0 Å². The highest BCUT2D eigenvalue weighted by Crippen LogP contribution is 2.18. The summed E-state index contributed by atoms with van der Waals surface area (Å²) in [5.41, 5.74) is 6.45. The van der Waals surface area contributed by atoms with E-state index in [9.17, 15) is 9.59 Å². The number of nitrogens with zero attached hydrogens (tertiary/aromatic N) is 1. The monoisotopic (exact) mass is 291 g/mol. The Morgan fingerprint density at radius 1 is 1.38 bits per heavy atom. The average Bonchev–Trinajstić information content (AvgIpc) is 3.28. The summed E-state index contributed by atoms with van der Waals surface area (Å²) in [6, 6.07) is 7.62. The fraction of sp³-hybridized carbons (Fsp3) is 0.467. The first-order chi connectivity index (χ1) is 10.1. The summed E-state index contributed by atoms with van der Waals surface area (Å²) >= 11 is 0. The smallest absolute Gasteiger partial charge is 0.260 e. The normalized spacial score (nSPS) is 13.6. The third-order valence-corrected chi connectivity index (χ3v) is 3.29. The van der Waals surface area contributed by atoms with E-state index in [0.29, 0.717) is 18.3 Å². The largest absolute Gasteiger partial charge is 0.483 e. The third-order valence-electron chi connectivity index (χ3n) is 3.29. The van der Waals surface area contributed by atoms with Crippen LogP contribution in [0.5, 0.6) is 5.75 Å². The molecule has 2 rings (SSSR count). The maximum absolute atomic E-state index is 11.9. The molecular weight excluding hydrogens is 270 g/mol. The predicted molar refractivity (Wildman–Crippen MR) is 78.6 cm³/mol. The van der Waals surface area contributed by atoms with Crippen molar-refractivity contribution in [2.75, 3.05) is 20.2 Å². The lowest BCUT2D eigenvalue weighted by Crippen LogP contribution is -2.41. The second kappa shape index (κ2) is 7.08. The summed E-state index contributed by atoms with van der Waals surface area (Å²) < 4.78 is 5.48. The molecule has 0 heterocycles. The SMILES string of the molecule is CN(CC(=O)NC1CC1)C(=O)COc1ccccc1CN. The molecule has 6 heteroatoms. The van der Waals surface area contributed by atoms with Gasteiger partial charge in [-0.15, -0.1) is 0 Å². The number of likely N-dealkylation sites (N-methyl/N-ethyl adjacent to an activating group) is 1. The van der Waals surface area contributed by atoms with E-state index in [4.69, 9.17) is 10.5 Å². The van der Waals surface area contributed by atoms with Crippen molar-refractivity contribution in [3.8, 4) is 5.75 Å². The Bertz CT molecular complexity index is 515. The number of carbonyl (C=O) groups excluding carboxylic acids is 2. The Labute approximate surface area is 124 Å². The van der Waals surface area contributed by atoms with E-state index in [0.717, 1.165) is 18.4 Å². The van der Waals surface area contributed by atoms with Crippen molar-refractivity contribution in [2.24, 2.45) is 5.73 Å². The molecule has 0 aromatic heterocycles. The third kappa shape index (κ3) is 4.75. The maximum Gasteiger partial charge on any atom is 0.260 e. The standard InChI is InChI=1S/C15H21N3O3/c1-18(9-14(19)17-12-6-7-12)15(20)10-21-13-5-3-2-4-11(13)8-16/h2-5,12H,6-10,16H2,1H3,(H,17,19). The molecule has 0 unspecified atom stereocenters. The van der Waals surface area contributed by atoms with Crippen LogP contribution >= 0.6 is 0 Å². The van der Waals surface area contributed by atoms with Gasteiger partial charge in [0.1, 0.15) is 5.75 Å². The summed E-state index contributed by atoms with van der Waals surface area (Å²) in [4.78, 5) is 24.9. The molecule has 1 fully saturated rings. The second-order valence-corrected chi connectivity index (χ2v) is 5.19. The van der Waals surface area contributed by atoms with Crippen LogP contribution in [0.2, 0.25) is 0 Å². The number of carbonyl (C=O) groups is 2. The van der Waals surface area contributed by atoms with E-state index >= 15 is 0 Å². The minimum Gasteiger partial charge on any atom is -0.483 e. The van der Waals surface area contributed by atoms with Crippen molar-refractivity contribution >= 4 is 11.8 Å². The number of ether oxygens (including phenoxy) is 1. The molecule has 0 radical (unpaired) electrons. The Morgan fingerprint density at radius 2 is 2.10 bits per heavy atom. The molecule has 0 bridgehead atoms. The molecule has 0 aliphatic heterocycles. The van der Waals surface area contributed by atoms with Gasteiger partial charge in [0.15, 0.2) is 6.61 Å². The minimum absolute atomic E-state index is 0.0528. The topological polar surface area (TPSA) is 84.7 Å². The van der Waals surface area contributed by atoms with Crippen molar-refractivity contribution < 1.29 is 14.3 Å². The van der Waals surface area contributed by atoms with Gasteiger partial charge in [-0.25, -0.2) is 0 Å². The first kappa shape index (κ1) is 15.3. The number of nitrogens with two attached hydrogens (primary N) is 1. The fourth-order valence-corrected chi connectivity index (χ4v) is 1.87. The molecule has 0 spiro atoms. The number of amides is 2. The van der Waals surface area contributed by atoms with Gasteiger partial charge in [0.05, 0.1) is 6.54 Å². The number of rotatable bonds is 7. The first-order valence-electron chi connectivity index (χ1n) is 7.04. The van der Waals surface area contributed by atoms with E-state index in [-0.39, 0.29) is 25.0 Å². The fourth-order valence-electron chi connectivity index (χ4n) is 1.87. The van der Waals surface area contributed by atoms with E-state index in [2.05, 4.69) is 5.32 Å². The van der Waals surface area contributed by atoms with Crippen LogP contribution in [0.4, 0.5) is 0 Å². The second-order valence-electron chi connectivity index (χ2n) is 5.19. The lowest BCUT2D eigenvalue weighted by Gasteiger charge is -2.17. The van der Waals surface area contributed by atoms with E-state index in [1.165, 1.54) is 4.90 Å². The van der Waals surface area contributed by atoms with Crippen LogP contribution < -0.4 is 15.8 Å². The van der Waals surface area contributed by atoms with Crippen LogP contribution in [-0.2, 0) is 16.1 Å². The van der Waals surface area contributed by atoms with Crippen molar-refractivity contribution in [1.82, 2.24) is 10.2 Å². The number of benzene rings is 1. The van der Waals surface area contributed by atoms with Crippen LogP contribution in [0.25, 0.3) is 0 Å². The highest BCUT2D eigenvalue weighted by atomic mass is 16.5. The molecule has 0 atom stereocenters. The average molecular weight is 291 g/mol. The van der Waals surface area contributed by atoms with Gasteiger partial charge < -0.3 is 20.7 Å². The lowest BCUT2D eigenvalue weighted by atomic mass is 10.2. The van der Waals surface area contributed by atoms with E-state index in [1.54, 1.807) is 13.1 Å². The summed E-state index contributed by atoms with van der Waals surface area (Å²) in [6.45, 7) is 0.297. The molecule has 1 aromatic rings. The number of nitrogens with one attached hydrogen (secondary N) is 1. The summed E-state index contributed by atoms with van der Waals surface area (Å²) in [6.07, 6.45) is 2.06. The molecule has 1 aliphatic carbocycles. The molecule has 6 nitrogen and oxygen atoms in total. The highest BCUT2D eigenvalue weighted by molar-refractivity contribution is 5.85. The van der Waals surface area contributed by atoms with Crippen LogP contribution in [-0.4, -0.2) is 43.0 Å². The van der Waals surface area contributed by atoms with Gasteiger partial charge >= 0.3 is 0 Å². The molecule has 2 amide bonds. The molecule has 0 saturated heterocycles. The molecule has 21 heavy (non-hydrogen) atoms. The van der Waals surface area contributed by atoms with Gasteiger partial charge in [-0.3, -0.25) is 9.59 Å². The molecular formula is C15H21N3O3. The summed E-state index contributed by atoms with van der Waals surface area (Å²) in [7, 11) is 1.59. The minimum atomic E-state index is -0.243. The van der Waals surface area contributed by atoms with Gasteiger partial charge in [0.25, 0.3) is 5.91 Å². The zero-order valence-corrected chi connectivity index (χ0v) is 12.2. The highest BCUT2D eigenvalue weighted by Gasteiger charge is 2.24. The Balaban J connectivity index is 1.78. The van der Waals surface area contributed by atoms with Gasteiger partial charge in [-0.05, 0) is 18.9 Å². The van der Waals surface area contributed by atoms with Crippen LogP contribution in [0.1, 0.15) is 18.4 Å². The molecule has 1 saturated carbocycles.